The number of rotatable bonds is 8. The number of halogens is 2. The predicted octanol–water partition coefficient (Wildman–Crippen LogP) is 5.51. The van der Waals surface area contributed by atoms with Crippen molar-refractivity contribution in [1.82, 2.24) is 9.88 Å². The molecule has 0 unspecified atom stereocenters. The molecule has 1 aliphatic heterocycles. The molecule has 0 spiro atoms. The Kier molecular flexibility index (Phi) is 10.7. The summed E-state index contributed by atoms with van der Waals surface area (Å²) >= 11 is 0. The zero-order valence-electron chi connectivity index (χ0n) is 20.6. The fourth-order valence-electron chi connectivity index (χ4n) is 5.13. The first kappa shape index (κ1) is 29.5. The summed E-state index contributed by atoms with van der Waals surface area (Å²) in [5.74, 6) is 0.105. The predicted molar refractivity (Wildman–Crippen MR) is 148 cm³/mol. The topological polar surface area (TPSA) is 91.5 Å². The number of likely N-dealkylation sites (tertiary alicyclic amines) is 1. The molecule has 0 bridgehead atoms. The van der Waals surface area contributed by atoms with E-state index in [1.54, 1.807) is 13.0 Å². The van der Waals surface area contributed by atoms with E-state index in [4.69, 9.17) is 0 Å². The maximum atomic E-state index is 12.0. The molecule has 0 radical (unpaired) electrons. The first-order chi connectivity index (χ1) is 16.4. The molecule has 194 valence electrons. The van der Waals surface area contributed by atoms with Gasteiger partial charge in [-0.1, -0.05) is 60.7 Å². The van der Waals surface area contributed by atoms with E-state index in [1.165, 1.54) is 0 Å². The lowest BCUT2D eigenvalue weighted by Gasteiger charge is -2.42. The number of benzene rings is 2. The summed E-state index contributed by atoms with van der Waals surface area (Å²) < 4.78 is 0. The fourth-order valence-corrected chi connectivity index (χ4v) is 5.13. The lowest BCUT2D eigenvalue weighted by molar-refractivity contribution is -0.384. The van der Waals surface area contributed by atoms with Crippen molar-refractivity contribution in [3.63, 3.8) is 0 Å². The van der Waals surface area contributed by atoms with Crippen molar-refractivity contribution < 1.29 is 10.0 Å². The van der Waals surface area contributed by atoms with Crippen molar-refractivity contribution in [2.24, 2.45) is 5.92 Å². The third-order valence-electron chi connectivity index (χ3n) is 6.83. The molecule has 9 heteroatoms. The number of aliphatic hydroxyl groups is 1. The number of piperidine rings is 1. The SMILES string of the molecule is Cc1cc(NCCN2CCC(C(O)(c3ccccc3)c3ccccc3)CC2)c([N+](=O)[O-])c(C)n1.Cl.Cl. The van der Waals surface area contributed by atoms with E-state index in [-0.39, 0.29) is 41.3 Å². The van der Waals surface area contributed by atoms with Gasteiger partial charge in [0.1, 0.15) is 17.0 Å². The molecule has 0 aliphatic carbocycles. The molecule has 2 heterocycles. The second-order valence-corrected chi connectivity index (χ2v) is 9.04. The van der Waals surface area contributed by atoms with Gasteiger partial charge in [0.2, 0.25) is 0 Å². The smallest absolute Gasteiger partial charge is 0.313 e. The third kappa shape index (κ3) is 6.34. The minimum absolute atomic E-state index is 0. The van der Waals surface area contributed by atoms with Gasteiger partial charge in [-0.15, -0.1) is 24.8 Å². The summed E-state index contributed by atoms with van der Waals surface area (Å²) in [5, 5.41) is 26.7. The van der Waals surface area contributed by atoms with E-state index in [1.807, 2.05) is 67.6 Å². The van der Waals surface area contributed by atoms with Crippen LogP contribution < -0.4 is 5.32 Å². The Labute approximate surface area is 224 Å². The van der Waals surface area contributed by atoms with Gasteiger partial charge in [-0.2, -0.15) is 0 Å². The average molecular weight is 534 g/mol. The van der Waals surface area contributed by atoms with Crippen LogP contribution >= 0.6 is 24.8 Å². The van der Waals surface area contributed by atoms with Crippen LogP contribution in [0.3, 0.4) is 0 Å². The Morgan fingerprint density at radius 1 is 1.03 bits per heavy atom. The second kappa shape index (κ2) is 13.0. The van der Waals surface area contributed by atoms with E-state index < -0.39 is 5.60 Å². The van der Waals surface area contributed by atoms with Crippen LogP contribution in [0.2, 0.25) is 0 Å². The lowest BCUT2D eigenvalue weighted by Crippen LogP contribution is -2.45. The molecule has 3 aromatic rings. The van der Waals surface area contributed by atoms with Crippen LogP contribution in [-0.2, 0) is 5.60 Å². The quantitative estimate of drug-likeness (QED) is 0.293. The lowest BCUT2D eigenvalue weighted by atomic mass is 9.72. The molecule has 2 aromatic carbocycles. The maximum Gasteiger partial charge on any atom is 0.313 e. The Morgan fingerprint density at radius 3 is 2.06 bits per heavy atom. The number of aryl methyl sites for hydroxylation is 2. The minimum Gasteiger partial charge on any atom is -0.380 e. The average Bonchev–Trinajstić information content (AvgIpc) is 2.84. The molecular formula is C27H34Cl2N4O3. The number of anilines is 1. The molecule has 4 rings (SSSR count). The highest BCUT2D eigenvalue weighted by atomic mass is 35.5. The number of hydrogen-bond acceptors (Lipinski definition) is 6. The van der Waals surface area contributed by atoms with Gasteiger partial charge in [0, 0.05) is 18.8 Å². The molecule has 7 nitrogen and oxygen atoms in total. The van der Waals surface area contributed by atoms with Gasteiger partial charge >= 0.3 is 5.69 Å². The summed E-state index contributed by atoms with van der Waals surface area (Å²) in [6.45, 7) is 6.63. The number of aromatic nitrogens is 1. The first-order valence-electron chi connectivity index (χ1n) is 11.8. The van der Waals surface area contributed by atoms with Gasteiger partial charge in [-0.05, 0) is 62.9 Å². The van der Waals surface area contributed by atoms with Crippen LogP contribution in [0, 0.1) is 29.9 Å². The summed E-state index contributed by atoms with van der Waals surface area (Å²) in [5.41, 5.74) is 2.57. The Morgan fingerprint density at radius 2 is 1.56 bits per heavy atom. The van der Waals surface area contributed by atoms with Crippen molar-refractivity contribution in [3.8, 4) is 0 Å². The van der Waals surface area contributed by atoms with Gasteiger partial charge in [-0.3, -0.25) is 15.1 Å². The molecule has 0 atom stereocenters. The molecule has 0 saturated carbocycles. The van der Waals surface area contributed by atoms with Gasteiger partial charge < -0.3 is 15.3 Å². The number of nitrogens with zero attached hydrogens (tertiary/aromatic N) is 3. The van der Waals surface area contributed by atoms with Crippen LogP contribution in [0.15, 0.2) is 66.7 Å². The minimum atomic E-state index is -1.03. The first-order valence-corrected chi connectivity index (χ1v) is 11.8. The summed E-state index contributed by atoms with van der Waals surface area (Å²) in [6, 6.07) is 21.6. The normalized spacial score (nSPS) is 14.4. The van der Waals surface area contributed by atoms with Crippen LogP contribution in [0.5, 0.6) is 0 Å². The van der Waals surface area contributed by atoms with Crippen molar-refractivity contribution in [1.29, 1.82) is 0 Å². The molecule has 1 saturated heterocycles. The van der Waals surface area contributed by atoms with Gasteiger partial charge in [-0.25, -0.2) is 0 Å². The molecule has 0 amide bonds. The second-order valence-electron chi connectivity index (χ2n) is 9.04. The standard InChI is InChI=1S/C27H32N4O3.2ClH/c1-20-19-25(26(31(33)34)21(2)29-20)28-15-18-30-16-13-24(14-17-30)27(32,22-9-5-3-6-10-22)23-11-7-4-8-12-23;;/h3-12,19,24,32H,13-18H2,1-2H3,(H,28,29);2*1H. The highest BCUT2D eigenvalue weighted by Crippen LogP contribution is 2.41. The molecule has 36 heavy (non-hydrogen) atoms. The zero-order chi connectivity index (χ0) is 24.1. The molecule has 2 N–H and O–H groups in total. The number of nitro groups is 1. The van der Waals surface area contributed by atoms with Crippen LogP contribution in [-0.4, -0.2) is 46.1 Å². The van der Waals surface area contributed by atoms with E-state index in [2.05, 4.69) is 15.2 Å². The third-order valence-corrected chi connectivity index (χ3v) is 6.83. The number of nitrogens with one attached hydrogen (secondary N) is 1. The van der Waals surface area contributed by atoms with Crippen molar-refractivity contribution >= 4 is 36.2 Å². The maximum absolute atomic E-state index is 12.0. The summed E-state index contributed by atoms with van der Waals surface area (Å²) in [6.07, 6.45) is 1.74. The molecule has 1 fully saturated rings. The molecular weight excluding hydrogens is 499 g/mol. The number of hydrogen-bond donors (Lipinski definition) is 2. The summed E-state index contributed by atoms with van der Waals surface area (Å²) in [7, 11) is 0. The molecule has 1 aromatic heterocycles. The zero-order valence-corrected chi connectivity index (χ0v) is 22.2. The highest BCUT2D eigenvalue weighted by Gasteiger charge is 2.41. The Bertz CT molecular complexity index is 1090. The van der Waals surface area contributed by atoms with Crippen molar-refractivity contribution in [2.45, 2.75) is 32.3 Å². The van der Waals surface area contributed by atoms with Crippen LogP contribution in [0.25, 0.3) is 0 Å². The van der Waals surface area contributed by atoms with Crippen molar-refractivity contribution in [2.75, 3.05) is 31.5 Å². The van der Waals surface area contributed by atoms with Gasteiger partial charge in [0.05, 0.1) is 4.92 Å². The van der Waals surface area contributed by atoms with E-state index >= 15 is 0 Å². The van der Waals surface area contributed by atoms with Gasteiger partial charge in [0.15, 0.2) is 0 Å². The van der Waals surface area contributed by atoms with Gasteiger partial charge in [0.25, 0.3) is 0 Å². The molecule has 1 aliphatic rings. The largest absolute Gasteiger partial charge is 0.380 e. The monoisotopic (exact) mass is 532 g/mol. The Hall–Kier alpha value is -2.71. The fraction of sp³-hybridized carbons (Fsp3) is 0.370. The van der Waals surface area contributed by atoms with E-state index in [0.29, 0.717) is 17.9 Å². The van der Waals surface area contributed by atoms with E-state index in [9.17, 15) is 15.2 Å². The van der Waals surface area contributed by atoms with E-state index in [0.717, 1.165) is 49.3 Å². The summed E-state index contributed by atoms with van der Waals surface area (Å²) in [4.78, 5) is 17.7. The highest BCUT2D eigenvalue weighted by molar-refractivity contribution is 5.85. The van der Waals surface area contributed by atoms with Crippen LogP contribution in [0.1, 0.15) is 35.4 Å². The van der Waals surface area contributed by atoms with Crippen molar-refractivity contribution in [3.05, 3.63) is 99.4 Å². The van der Waals surface area contributed by atoms with Crippen LogP contribution in [0.4, 0.5) is 11.4 Å². The number of pyridine rings is 1. The Balaban J connectivity index is 0.00000228.